The topological polar surface area (TPSA) is 137 Å². The number of aromatic nitrogens is 6. The molecule has 41 heavy (non-hydrogen) atoms. The van der Waals surface area contributed by atoms with Crippen molar-refractivity contribution in [2.45, 2.75) is 44.8 Å². The van der Waals surface area contributed by atoms with Gasteiger partial charge in [-0.3, -0.25) is 14.6 Å². The normalized spacial score (nSPS) is 12.1. The summed E-state index contributed by atoms with van der Waals surface area (Å²) in [4.78, 5) is 28.2. The fourth-order valence-corrected chi connectivity index (χ4v) is 4.34. The molecule has 0 spiro atoms. The Labute approximate surface area is 235 Å². The second kappa shape index (κ2) is 13.3. The Hall–Kier alpha value is -4.47. The number of carbonyl (C=O) groups is 2. The van der Waals surface area contributed by atoms with Gasteiger partial charge in [-0.2, -0.15) is 13.2 Å². The Morgan fingerprint density at radius 3 is 2.61 bits per heavy atom. The predicted molar refractivity (Wildman–Crippen MR) is 138 cm³/mol. The second-order valence-corrected chi connectivity index (χ2v) is 9.82. The second-order valence-electron chi connectivity index (χ2n) is 8.76. The minimum absolute atomic E-state index is 0.00350. The quantitative estimate of drug-likeness (QED) is 0.239. The highest BCUT2D eigenvalue weighted by Gasteiger charge is 2.31. The largest absolute Gasteiger partial charge is 0.497 e. The number of aryl methyl sites for hydroxylation is 1. The SMILES string of the molecule is COc1cccc(CNC(=O)c2cn(CC(F)CCc3nnc(C(=O)NCc4cncc(C(F)(F)F)c4)s3)nn2)c1. The Balaban J connectivity index is 1.21. The van der Waals surface area contributed by atoms with Crippen molar-refractivity contribution in [2.75, 3.05) is 7.11 Å². The highest BCUT2D eigenvalue weighted by atomic mass is 32.1. The highest BCUT2D eigenvalue weighted by Crippen LogP contribution is 2.28. The summed E-state index contributed by atoms with van der Waals surface area (Å²) in [5.74, 6) is -0.419. The summed E-state index contributed by atoms with van der Waals surface area (Å²) >= 11 is 0.954. The van der Waals surface area contributed by atoms with Crippen LogP contribution in [0, 0.1) is 0 Å². The third-order valence-corrected chi connectivity index (χ3v) is 6.63. The number of hydrogen-bond acceptors (Lipinski definition) is 9. The molecule has 0 radical (unpaired) electrons. The van der Waals surface area contributed by atoms with Crippen LogP contribution in [0.5, 0.6) is 5.75 Å². The van der Waals surface area contributed by atoms with E-state index in [4.69, 9.17) is 4.74 Å². The summed E-state index contributed by atoms with van der Waals surface area (Å²) in [6, 6.07) is 8.11. The fourth-order valence-electron chi connectivity index (χ4n) is 3.56. The maximum absolute atomic E-state index is 14.6. The van der Waals surface area contributed by atoms with Gasteiger partial charge in [0, 0.05) is 31.9 Å². The minimum Gasteiger partial charge on any atom is -0.497 e. The standard InChI is InChI=1S/C25H24F4N8O3S/c1-40-19-4-2-3-15(8-19)10-31-22(38)20-14-37(36-33-20)13-18(26)5-6-21-34-35-24(41-21)23(39)32-11-16-7-17(12-30-9-16)25(27,28)29/h2-4,7-9,12,14,18H,5-6,10-11,13H2,1H3,(H,31,38)(H,32,39). The zero-order valence-electron chi connectivity index (χ0n) is 21.6. The zero-order valence-corrected chi connectivity index (χ0v) is 22.4. The number of nitrogens with one attached hydrogen (secondary N) is 2. The number of pyridine rings is 1. The first-order valence-corrected chi connectivity index (χ1v) is 13.0. The van der Waals surface area contributed by atoms with Crippen molar-refractivity contribution >= 4 is 23.2 Å². The van der Waals surface area contributed by atoms with E-state index < -0.39 is 29.7 Å². The van der Waals surface area contributed by atoms with Gasteiger partial charge in [-0.1, -0.05) is 28.7 Å². The van der Waals surface area contributed by atoms with Crippen LogP contribution >= 0.6 is 11.3 Å². The Bertz CT molecular complexity index is 1490. The van der Waals surface area contributed by atoms with Crippen LogP contribution in [-0.4, -0.2) is 55.3 Å². The van der Waals surface area contributed by atoms with Gasteiger partial charge in [0.2, 0.25) is 5.01 Å². The molecule has 1 aromatic carbocycles. The number of amides is 2. The van der Waals surface area contributed by atoms with Gasteiger partial charge < -0.3 is 15.4 Å². The van der Waals surface area contributed by atoms with E-state index in [9.17, 15) is 27.2 Å². The summed E-state index contributed by atoms with van der Waals surface area (Å²) in [5.41, 5.74) is 0.127. The summed E-state index contributed by atoms with van der Waals surface area (Å²) < 4.78 is 59.5. The van der Waals surface area contributed by atoms with Crippen molar-refractivity contribution in [3.05, 3.63) is 81.3 Å². The molecule has 0 fully saturated rings. The molecule has 1 unspecified atom stereocenters. The van der Waals surface area contributed by atoms with Crippen molar-refractivity contribution < 1.29 is 31.9 Å². The smallest absolute Gasteiger partial charge is 0.417 e. The predicted octanol–water partition coefficient (Wildman–Crippen LogP) is 3.38. The van der Waals surface area contributed by atoms with Crippen LogP contribution in [0.4, 0.5) is 17.6 Å². The van der Waals surface area contributed by atoms with Gasteiger partial charge in [0.15, 0.2) is 5.69 Å². The first-order chi connectivity index (χ1) is 19.6. The lowest BCUT2D eigenvalue weighted by Gasteiger charge is -2.08. The number of halogens is 4. The minimum atomic E-state index is -4.54. The maximum Gasteiger partial charge on any atom is 0.417 e. The molecule has 0 aliphatic rings. The molecule has 3 heterocycles. The third kappa shape index (κ3) is 8.51. The van der Waals surface area contributed by atoms with Gasteiger partial charge in [0.05, 0.1) is 25.4 Å². The number of hydrogen-bond donors (Lipinski definition) is 2. The van der Waals surface area contributed by atoms with Gasteiger partial charge in [0.1, 0.15) is 16.9 Å². The first kappa shape index (κ1) is 29.5. The van der Waals surface area contributed by atoms with E-state index >= 15 is 0 Å². The van der Waals surface area contributed by atoms with Crippen LogP contribution in [0.25, 0.3) is 0 Å². The van der Waals surface area contributed by atoms with Crippen LogP contribution in [0.1, 0.15) is 48.4 Å². The van der Waals surface area contributed by atoms with E-state index in [1.165, 1.54) is 17.1 Å². The molecular formula is C25H24F4N8O3S. The Kier molecular flexibility index (Phi) is 9.54. The van der Waals surface area contributed by atoms with Crippen molar-refractivity contribution in [1.29, 1.82) is 0 Å². The summed E-state index contributed by atoms with van der Waals surface area (Å²) in [6.45, 7) is -0.0809. The number of nitrogens with zero attached hydrogens (tertiary/aromatic N) is 6. The lowest BCUT2D eigenvalue weighted by molar-refractivity contribution is -0.137. The van der Waals surface area contributed by atoms with Crippen LogP contribution < -0.4 is 15.4 Å². The number of rotatable bonds is 12. The maximum atomic E-state index is 14.6. The molecule has 2 amide bonds. The van der Waals surface area contributed by atoms with Crippen LogP contribution in [0.2, 0.25) is 0 Å². The summed E-state index contributed by atoms with van der Waals surface area (Å²) in [5, 5.41) is 20.9. The number of methoxy groups -OCH3 is 1. The number of alkyl halides is 4. The molecule has 2 N–H and O–H groups in total. The summed E-state index contributed by atoms with van der Waals surface area (Å²) in [7, 11) is 1.55. The molecule has 11 nitrogen and oxygen atoms in total. The van der Waals surface area contributed by atoms with Crippen molar-refractivity contribution in [3.8, 4) is 5.75 Å². The van der Waals surface area contributed by atoms with Gasteiger partial charge in [-0.05, 0) is 35.7 Å². The molecule has 4 rings (SSSR count). The molecule has 0 bridgehead atoms. The average Bonchev–Trinajstić information content (AvgIpc) is 3.63. The Morgan fingerprint density at radius 2 is 1.83 bits per heavy atom. The van der Waals surface area contributed by atoms with E-state index in [0.717, 1.165) is 23.0 Å². The lowest BCUT2D eigenvalue weighted by Crippen LogP contribution is -2.23. The fraction of sp³-hybridized carbons (Fsp3) is 0.320. The van der Waals surface area contributed by atoms with Gasteiger partial charge in [-0.25, -0.2) is 9.07 Å². The monoisotopic (exact) mass is 592 g/mol. The molecule has 16 heteroatoms. The van der Waals surface area contributed by atoms with Crippen molar-refractivity contribution in [2.24, 2.45) is 0 Å². The molecule has 1 atom stereocenters. The number of ether oxygens (including phenoxy) is 1. The first-order valence-electron chi connectivity index (χ1n) is 12.2. The van der Waals surface area contributed by atoms with E-state index in [0.29, 0.717) is 17.0 Å². The van der Waals surface area contributed by atoms with Gasteiger partial charge >= 0.3 is 6.18 Å². The molecule has 4 aromatic rings. The van der Waals surface area contributed by atoms with Crippen molar-refractivity contribution in [3.63, 3.8) is 0 Å². The highest BCUT2D eigenvalue weighted by molar-refractivity contribution is 7.13. The summed E-state index contributed by atoms with van der Waals surface area (Å²) in [6.07, 6.45) is -2.40. The molecule has 0 saturated heterocycles. The molecule has 0 saturated carbocycles. The molecule has 216 valence electrons. The van der Waals surface area contributed by atoms with E-state index in [-0.39, 0.29) is 48.7 Å². The zero-order chi connectivity index (χ0) is 29.4. The van der Waals surface area contributed by atoms with Crippen LogP contribution in [0.3, 0.4) is 0 Å². The Morgan fingerprint density at radius 1 is 1.05 bits per heavy atom. The van der Waals surface area contributed by atoms with Crippen molar-refractivity contribution in [1.82, 2.24) is 40.8 Å². The van der Waals surface area contributed by atoms with Gasteiger partial charge in [0.25, 0.3) is 11.8 Å². The van der Waals surface area contributed by atoms with E-state index in [1.807, 2.05) is 6.07 Å². The molecule has 0 aliphatic carbocycles. The van der Waals surface area contributed by atoms with Crippen LogP contribution in [0.15, 0.2) is 48.9 Å². The van der Waals surface area contributed by atoms with Gasteiger partial charge in [-0.15, -0.1) is 15.3 Å². The lowest BCUT2D eigenvalue weighted by atomic mass is 10.2. The number of benzene rings is 1. The van der Waals surface area contributed by atoms with E-state index in [2.05, 4.69) is 36.1 Å². The van der Waals surface area contributed by atoms with Crippen LogP contribution in [-0.2, 0) is 32.2 Å². The number of carbonyl (C=O) groups excluding carboxylic acids is 2. The third-order valence-electron chi connectivity index (χ3n) is 5.65. The molecule has 3 aromatic heterocycles. The van der Waals surface area contributed by atoms with E-state index in [1.54, 1.807) is 25.3 Å². The average molecular weight is 593 g/mol. The molecule has 0 aliphatic heterocycles. The molecular weight excluding hydrogens is 568 g/mol.